The molecule has 4 aliphatic rings. The normalized spacial score (nSPS) is 29.1. The van der Waals surface area contributed by atoms with E-state index in [1.807, 2.05) is 0 Å². The third-order valence-corrected chi connectivity index (χ3v) is 16.9. The van der Waals surface area contributed by atoms with Crippen molar-refractivity contribution in [2.75, 3.05) is 13.2 Å². The second-order valence-corrected chi connectivity index (χ2v) is 23.9. The number of rotatable bonds is 27. The Balaban J connectivity index is 1.24. The van der Waals surface area contributed by atoms with Crippen molar-refractivity contribution in [3.05, 3.63) is 82.9 Å². The number of ether oxygens (including phenoxy) is 6. The Labute approximate surface area is 452 Å². The SMILES string of the molecule is CCCCCCCCCCCCCCCCCCOC(C)O[C@@H](C(=O)O[C@H]1C[C@@]2(O)[C@@H](OC(=O)c3ccccc3)[C@@H]3[C@]4(O)CO[C@@H]4C[C@H](O)[C@@]3(C)C(=O)[C@H](O)C(=C1C)C2(C)C)[C@@H](NC(=O)OC(C)(C)C)c1ccccc1. The number of amides is 1. The predicted octanol–water partition coefficient (Wildman–Crippen LogP) is 10.3. The molecule has 1 unspecified atom stereocenters. The molecule has 2 aromatic carbocycles. The van der Waals surface area contributed by atoms with Gasteiger partial charge >= 0.3 is 18.0 Å². The van der Waals surface area contributed by atoms with E-state index in [0.717, 1.165) is 25.7 Å². The highest BCUT2D eigenvalue weighted by Gasteiger charge is 2.76. The smallest absolute Gasteiger partial charge is 0.408 e. The summed E-state index contributed by atoms with van der Waals surface area (Å²) in [6, 6.07) is 15.5. The number of hydrogen-bond donors (Lipinski definition) is 5. The van der Waals surface area contributed by atoms with Crippen molar-refractivity contribution in [2.24, 2.45) is 16.7 Å². The summed E-state index contributed by atoms with van der Waals surface area (Å²) in [6.07, 6.45) is 8.00. The number of aliphatic hydroxyl groups excluding tert-OH is 2. The van der Waals surface area contributed by atoms with Gasteiger partial charge in [0.15, 0.2) is 18.2 Å². The molecule has 0 radical (unpaired) electrons. The van der Waals surface area contributed by atoms with Gasteiger partial charge < -0.3 is 54.2 Å². The molecule has 2 saturated carbocycles. The number of esters is 2. The molecular weight excluding hydrogens is 971 g/mol. The zero-order valence-electron chi connectivity index (χ0n) is 47.0. The van der Waals surface area contributed by atoms with Crippen LogP contribution in [0.2, 0.25) is 0 Å². The van der Waals surface area contributed by atoms with Crippen LogP contribution in [-0.2, 0) is 38.0 Å². The highest BCUT2D eigenvalue weighted by Crippen LogP contribution is 2.63. The summed E-state index contributed by atoms with van der Waals surface area (Å²) < 4.78 is 36.9. The summed E-state index contributed by atoms with van der Waals surface area (Å²) in [5.74, 6) is -4.27. The maximum absolute atomic E-state index is 15.2. The van der Waals surface area contributed by atoms with Gasteiger partial charge in [-0.1, -0.05) is 166 Å². The first-order chi connectivity index (χ1) is 36.0. The number of unbranched alkanes of at least 4 members (excludes halogenated alkanes) is 15. The fourth-order valence-corrected chi connectivity index (χ4v) is 12.4. The molecule has 0 aromatic heterocycles. The number of nitrogens with one attached hydrogen (secondary N) is 1. The lowest BCUT2D eigenvalue weighted by Crippen LogP contribution is -2.81. The molecule has 424 valence electrons. The number of carbonyl (C=O) groups is 4. The fraction of sp³-hybridized carbons (Fsp3) is 0.705. The Kier molecular flexibility index (Phi) is 21.4. The van der Waals surface area contributed by atoms with Crippen LogP contribution >= 0.6 is 0 Å². The number of carbonyl (C=O) groups excluding carboxylic acids is 4. The standard InChI is InChI=1S/C61H91NO14/c1-10-11-12-13-14-15-16-17-18-19-20-21-22-23-24-31-36-71-41(3)73-50(48(42-32-27-25-28-33-42)62-56(68)76-57(4,5)6)55(67)74-44-38-61(70)53(75-54(66)43-34-29-26-30-35-43)51-59(9,45(63)37-46-60(51,69)39-72-46)52(65)49(64)47(40(44)2)58(61,7)8/h25-30,32-35,41,44-46,48-51,53,63-64,69-70H,10-24,31,36-39H2,1-9H3,(H,62,68)/t41?,44-,45-,46+,48-,49+,50+,51-,53-,59+,60-,61+/m0/s1. The minimum atomic E-state index is -2.31. The number of ketones is 1. The summed E-state index contributed by atoms with van der Waals surface area (Å²) in [5.41, 5.74) is -7.90. The van der Waals surface area contributed by atoms with Crippen molar-refractivity contribution in [3.8, 4) is 0 Å². The Morgan fingerprint density at radius 1 is 0.789 bits per heavy atom. The molecule has 6 rings (SSSR count). The maximum Gasteiger partial charge on any atom is 0.408 e. The highest BCUT2D eigenvalue weighted by atomic mass is 16.7. The van der Waals surface area contributed by atoms with E-state index in [1.54, 1.807) is 97.0 Å². The van der Waals surface area contributed by atoms with Crippen molar-refractivity contribution in [2.45, 2.75) is 244 Å². The van der Waals surface area contributed by atoms with Crippen molar-refractivity contribution in [3.63, 3.8) is 0 Å². The molecule has 1 aliphatic heterocycles. The van der Waals surface area contributed by atoms with E-state index in [1.165, 1.54) is 96.1 Å². The summed E-state index contributed by atoms with van der Waals surface area (Å²) in [4.78, 5) is 58.2. The summed E-state index contributed by atoms with van der Waals surface area (Å²) >= 11 is 0. The summed E-state index contributed by atoms with van der Waals surface area (Å²) in [5, 5.41) is 53.3. The van der Waals surface area contributed by atoms with Crippen LogP contribution in [0.1, 0.15) is 200 Å². The number of aliphatic hydroxyl groups is 4. The Bertz CT molecular complexity index is 2250. The molecule has 5 N–H and O–H groups in total. The molecular formula is C61H91NO14. The third-order valence-electron chi connectivity index (χ3n) is 16.9. The van der Waals surface area contributed by atoms with Crippen molar-refractivity contribution < 1.29 is 68.0 Å². The Morgan fingerprint density at radius 3 is 1.86 bits per heavy atom. The van der Waals surface area contributed by atoms with Crippen molar-refractivity contribution >= 4 is 23.8 Å². The van der Waals surface area contributed by atoms with Crippen LogP contribution in [0.3, 0.4) is 0 Å². The van der Waals surface area contributed by atoms with Gasteiger partial charge in [0.25, 0.3) is 0 Å². The molecule has 1 saturated heterocycles. The van der Waals surface area contributed by atoms with Gasteiger partial charge in [0.05, 0.1) is 35.8 Å². The molecule has 1 heterocycles. The molecule has 12 atom stereocenters. The molecule has 2 aromatic rings. The lowest BCUT2D eigenvalue weighted by molar-refractivity contribution is -0.343. The van der Waals surface area contributed by atoms with Crippen LogP contribution in [-0.4, -0.2) is 117 Å². The van der Waals surface area contributed by atoms with Gasteiger partial charge in [-0.15, -0.1) is 0 Å². The molecule has 1 amide bonds. The highest BCUT2D eigenvalue weighted by molar-refractivity contribution is 5.94. The molecule has 3 aliphatic carbocycles. The van der Waals surface area contributed by atoms with E-state index in [9.17, 15) is 30.0 Å². The first-order valence-corrected chi connectivity index (χ1v) is 28.5. The van der Waals surface area contributed by atoms with Crippen molar-refractivity contribution in [1.82, 2.24) is 5.32 Å². The van der Waals surface area contributed by atoms with Gasteiger partial charge in [0, 0.05) is 30.8 Å². The zero-order valence-corrected chi connectivity index (χ0v) is 47.0. The van der Waals surface area contributed by atoms with Crippen molar-refractivity contribution in [1.29, 1.82) is 0 Å². The Hall–Kier alpha value is -4.22. The first kappa shape index (κ1) is 61.0. The lowest BCUT2D eigenvalue weighted by Gasteiger charge is -2.66. The topological polar surface area (TPSA) is 217 Å². The van der Waals surface area contributed by atoms with Crippen LogP contribution in [0.5, 0.6) is 0 Å². The molecule has 3 fully saturated rings. The van der Waals surface area contributed by atoms with Gasteiger partial charge in [-0.2, -0.15) is 0 Å². The van der Waals surface area contributed by atoms with Crippen LogP contribution < -0.4 is 5.32 Å². The average molecular weight is 1060 g/mol. The number of Topliss-reactive ketones (excluding diaryl/α,β-unsaturated/α-hetero) is 1. The minimum absolute atomic E-state index is 0.00452. The molecule has 15 heteroatoms. The zero-order chi connectivity index (χ0) is 55.5. The van der Waals surface area contributed by atoms with Gasteiger partial charge in [-0.3, -0.25) is 4.79 Å². The fourth-order valence-electron chi connectivity index (χ4n) is 12.4. The molecule has 15 nitrogen and oxygen atoms in total. The third kappa shape index (κ3) is 14.0. The number of fused-ring (bicyclic) bond motifs is 5. The van der Waals surface area contributed by atoms with Crippen LogP contribution in [0.15, 0.2) is 71.8 Å². The van der Waals surface area contributed by atoms with Gasteiger partial charge in [-0.25, -0.2) is 14.4 Å². The van der Waals surface area contributed by atoms with E-state index in [2.05, 4.69) is 12.2 Å². The second-order valence-electron chi connectivity index (χ2n) is 23.9. The van der Waals surface area contributed by atoms with Gasteiger partial charge in [-0.05, 0) is 76.8 Å². The van der Waals surface area contributed by atoms with Gasteiger partial charge in [0.2, 0.25) is 0 Å². The van der Waals surface area contributed by atoms with Crippen LogP contribution in [0, 0.1) is 16.7 Å². The second kappa shape index (κ2) is 26.6. The number of hydrogen-bond acceptors (Lipinski definition) is 14. The quantitative estimate of drug-likeness (QED) is 0.0185. The van der Waals surface area contributed by atoms with Gasteiger partial charge in [0.1, 0.15) is 35.1 Å². The Morgan fingerprint density at radius 2 is 1.33 bits per heavy atom. The lowest BCUT2D eigenvalue weighted by atomic mass is 9.44. The number of alkyl carbamates (subject to hydrolysis) is 1. The number of benzene rings is 2. The van der Waals surface area contributed by atoms with E-state index >= 15 is 9.59 Å². The van der Waals surface area contributed by atoms with Crippen LogP contribution in [0.4, 0.5) is 4.79 Å². The maximum atomic E-state index is 15.2. The summed E-state index contributed by atoms with van der Waals surface area (Å²) in [6.45, 7) is 15.3. The molecule has 2 bridgehead atoms. The predicted molar refractivity (Wildman–Crippen MR) is 288 cm³/mol. The van der Waals surface area contributed by atoms with E-state index in [0.29, 0.717) is 12.2 Å². The van der Waals surface area contributed by atoms with E-state index in [-0.39, 0.29) is 29.7 Å². The first-order valence-electron chi connectivity index (χ1n) is 28.5. The minimum Gasteiger partial charge on any atom is -0.456 e. The largest absolute Gasteiger partial charge is 0.456 e. The molecule has 76 heavy (non-hydrogen) atoms. The average Bonchev–Trinajstić information content (AvgIpc) is 3.37. The van der Waals surface area contributed by atoms with E-state index in [4.69, 9.17) is 28.4 Å². The summed E-state index contributed by atoms with van der Waals surface area (Å²) in [7, 11) is 0. The molecule has 0 spiro atoms. The van der Waals surface area contributed by atoms with E-state index < -0.39 is 113 Å². The van der Waals surface area contributed by atoms with Crippen LogP contribution in [0.25, 0.3) is 0 Å². The monoisotopic (exact) mass is 1060 g/mol.